The van der Waals surface area contributed by atoms with Crippen molar-refractivity contribution in [3.8, 4) is 17.2 Å². The zero-order valence-electron chi connectivity index (χ0n) is 31.7. The Bertz CT molecular complexity index is 1560. The van der Waals surface area contributed by atoms with Gasteiger partial charge in [0.05, 0.1) is 6.61 Å². The minimum Gasteiger partial charge on any atom is -0.462 e. The monoisotopic (exact) mass is 782 g/mol. The van der Waals surface area contributed by atoms with E-state index in [1.807, 2.05) is 36.4 Å². The summed E-state index contributed by atoms with van der Waals surface area (Å²) in [5.74, 6) is -0.456. The van der Waals surface area contributed by atoms with Gasteiger partial charge in [-0.1, -0.05) is 43.0 Å². The van der Waals surface area contributed by atoms with Crippen LogP contribution in [0.5, 0.6) is 17.2 Å². The first-order valence-corrected chi connectivity index (χ1v) is 27.6. The number of benzene rings is 3. The average Bonchev–Trinajstić information content (AvgIpc) is 3.02. The van der Waals surface area contributed by atoms with Crippen molar-refractivity contribution in [2.45, 2.75) is 79.4 Å². The van der Waals surface area contributed by atoms with E-state index in [0.717, 1.165) is 15.6 Å². The number of rotatable bonds is 17. The van der Waals surface area contributed by atoms with Gasteiger partial charge >= 0.3 is 32.7 Å². The lowest BCUT2D eigenvalue weighted by Crippen LogP contribution is -2.67. The summed E-state index contributed by atoms with van der Waals surface area (Å²) >= 11 is 0. The van der Waals surface area contributed by atoms with Crippen molar-refractivity contribution < 1.29 is 50.5 Å². The second kappa shape index (κ2) is 17.7. The molecular formula is C37H50O11Si4. The van der Waals surface area contributed by atoms with E-state index in [1.54, 1.807) is 43.3 Å². The molecule has 0 aromatic heterocycles. The molecule has 15 heteroatoms. The van der Waals surface area contributed by atoms with Crippen molar-refractivity contribution in [1.82, 2.24) is 0 Å². The van der Waals surface area contributed by atoms with Gasteiger partial charge in [-0.2, -0.15) is 0 Å². The van der Waals surface area contributed by atoms with Gasteiger partial charge in [0.2, 0.25) is 25.0 Å². The minimum absolute atomic E-state index is 0.105. The first-order valence-electron chi connectivity index (χ1n) is 16.9. The van der Waals surface area contributed by atoms with E-state index in [2.05, 4.69) is 45.9 Å². The van der Waals surface area contributed by atoms with Crippen LogP contribution in [0.1, 0.15) is 34.1 Å². The van der Waals surface area contributed by atoms with Gasteiger partial charge in [0.1, 0.15) is 17.2 Å². The minimum atomic E-state index is -3.75. The molecule has 3 aromatic carbocycles. The molecule has 0 saturated carbocycles. The van der Waals surface area contributed by atoms with Crippen molar-refractivity contribution >= 4 is 73.2 Å². The Morgan fingerprint density at radius 3 is 1.06 bits per heavy atom. The van der Waals surface area contributed by atoms with Crippen molar-refractivity contribution in [2.24, 2.45) is 0 Å². The predicted octanol–water partition coefficient (Wildman–Crippen LogP) is 5.60. The highest BCUT2D eigenvalue weighted by Gasteiger charge is 2.53. The van der Waals surface area contributed by atoms with Crippen molar-refractivity contribution in [1.29, 1.82) is 0 Å². The summed E-state index contributed by atoms with van der Waals surface area (Å²) in [6, 6.07) is 22.1. The number of carbonyl (C=O) groups excluding carboxylic acids is 4. The Balaban J connectivity index is 2.14. The second-order valence-electron chi connectivity index (χ2n) is 13.9. The standard InChI is InChI=1S/C37H50O11Si4/c1-27(2)37(41)42-25-12-26-52(46-49(6,7)34-19-13-31(14-20-34)43-28(3)38,47-50(8,9)35-21-15-32(16-22-35)44-29(4)39)48-51(10,11)36-23-17-33(18-24-36)45-30(5)40/h13-24H,1,12,25-26H2,2-11H3. The zero-order chi connectivity index (χ0) is 38.9. The molecule has 0 unspecified atom stereocenters. The fraction of sp³-hybridized carbons (Fsp3) is 0.351. The fourth-order valence-corrected chi connectivity index (χ4v) is 22.5. The first-order chi connectivity index (χ1) is 24.1. The lowest BCUT2D eigenvalue weighted by atomic mass is 10.3. The van der Waals surface area contributed by atoms with E-state index >= 15 is 0 Å². The van der Waals surface area contributed by atoms with Gasteiger partial charge in [0.25, 0.3) is 0 Å². The molecule has 0 atom stereocenters. The molecule has 0 saturated heterocycles. The molecule has 0 bridgehead atoms. The third kappa shape index (κ3) is 12.6. The van der Waals surface area contributed by atoms with Crippen LogP contribution < -0.4 is 29.8 Å². The van der Waals surface area contributed by atoms with Crippen LogP contribution in [0.3, 0.4) is 0 Å². The van der Waals surface area contributed by atoms with Crippen molar-refractivity contribution in [3.63, 3.8) is 0 Å². The smallest absolute Gasteiger partial charge is 0.462 e. The summed E-state index contributed by atoms with van der Waals surface area (Å²) in [4.78, 5) is 47.1. The molecular weight excluding hydrogens is 733 g/mol. The molecule has 0 radical (unpaired) electrons. The van der Waals surface area contributed by atoms with Gasteiger partial charge in [-0.25, -0.2) is 4.79 Å². The highest BCUT2D eigenvalue weighted by Crippen LogP contribution is 2.31. The van der Waals surface area contributed by atoms with Gasteiger partial charge in [0, 0.05) is 32.4 Å². The molecule has 3 aromatic rings. The predicted molar refractivity (Wildman–Crippen MR) is 209 cm³/mol. The number of esters is 4. The van der Waals surface area contributed by atoms with Gasteiger partial charge in [0.15, 0.2) is 0 Å². The van der Waals surface area contributed by atoms with E-state index in [1.165, 1.54) is 20.8 Å². The molecule has 52 heavy (non-hydrogen) atoms. The molecule has 0 aliphatic rings. The maximum absolute atomic E-state index is 12.3. The maximum Gasteiger partial charge on any atom is 0.470 e. The topological polar surface area (TPSA) is 133 Å². The highest BCUT2D eigenvalue weighted by atomic mass is 28.5. The summed E-state index contributed by atoms with van der Waals surface area (Å²) in [5, 5.41) is 2.78. The lowest BCUT2D eigenvalue weighted by molar-refractivity contribution is -0.139. The van der Waals surface area contributed by atoms with Crippen molar-refractivity contribution in [3.05, 3.63) is 84.9 Å². The Hall–Kier alpha value is -3.97. The quantitative estimate of drug-likeness (QED) is 0.0558. The van der Waals surface area contributed by atoms with Crippen LogP contribution in [0.25, 0.3) is 0 Å². The molecule has 0 heterocycles. The Labute approximate surface area is 310 Å². The maximum atomic E-state index is 12.3. The number of hydrogen-bond acceptors (Lipinski definition) is 11. The number of ether oxygens (including phenoxy) is 4. The van der Waals surface area contributed by atoms with E-state index in [9.17, 15) is 19.2 Å². The van der Waals surface area contributed by atoms with Crippen LogP contribution in [0, 0.1) is 0 Å². The van der Waals surface area contributed by atoms with Crippen LogP contribution in [-0.4, -0.2) is 64.2 Å². The molecule has 0 amide bonds. The van der Waals surface area contributed by atoms with Crippen LogP contribution in [0.4, 0.5) is 0 Å². The summed E-state index contributed by atoms with van der Waals surface area (Å²) in [7, 11) is -12.3. The van der Waals surface area contributed by atoms with Crippen LogP contribution in [-0.2, 0) is 36.3 Å². The van der Waals surface area contributed by atoms with E-state index in [0.29, 0.717) is 35.3 Å². The van der Waals surface area contributed by atoms with Gasteiger partial charge < -0.3 is 31.3 Å². The Kier molecular flexibility index (Phi) is 14.4. The third-order valence-corrected chi connectivity index (χ3v) is 23.9. The second-order valence-corrected chi connectivity index (χ2v) is 29.0. The van der Waals surface area contributed by atoms with Crippen molar-refractivity contribution in [2.75, 3.05) is 6.61 Å². The molecule has 3 rings (SSSR count). The van der Waals surface area contributed by atoms with Crippen LogP contribution >= 0.6 is 0 Å². The average molecular weight is 783 g/mol. The summed E-state index contributed by atoms with van der Waals surface area (Å²) in [5.41, 5.74) is 0.300. The molecule has 0 fully saturated rings. The van der Waals surface area contributed by atoms with E-state index < -0.39 is 57.6 Å². The summed E-state index contributed by atoms with van der Waals surface area (Å²) in [6.45, 7) is 21.8. The zero-order valence-corrected chi connectivity index (χ0v) is 35.7. The molecule has 11 nitrogen and oxygen atoms in total. The molecule has 0 N–H and O–H groups in total. The van der Waals surface area contributed by atoms with Crippen LogP contribution in [0.15, 0.2) is 84.9 Å². The molecule has 0 aliphatic heterocycles. The number of carbonyl (C=O) groups is 4. The normalized spacial score (nSPS) is 12.1. The van der Waals surface area contributed by atoms with Gasteiger partial charge in [-0.05, 0) is 105 Å². The SMILES string of the molecule is C=C(C)C(=O)OCCC[Si](O[Si](C)(C)c1ccc(OC(C)=O)cc1)(O[Si](C)(C)c1ccc(OC(C)=O)cc1)O[Si](C)(C)c1ccc(OC(C)=O)cc1. The summed E-state index contributed by atoms with van der Waals surface area (Å²) < 4.78 is 43.4. The molecule has 280 valence electrons. The fourth-order valence-electron chi connectivity index (χ4n) is 5.41. The van der Waals surface area contributed by atoms with Gasteiger partial charge in [-0.3, -0.25) is 14.4 Å². The lowest BCUT2D eigenvalue weighted by Gasteiger charge is -2.45. The first kappa shape index (κ1) is 42.4. The third-order valence-electron chi connectivity index (χ3n) is 7.87. The van der Waals surface area contributed by atoms with E-state index in [4.69, 9.17) is 31.3 Å². The summed E-state index contributed by atoms with van der Waals surface area (Å²) in [6.07, 6.45) is 0.396. The van der Waals surface area contributed by atoms with Crippen LogP contribution in [0.2, 0.25) is 45.3 Å². The largest absolute Gasteiger partial charge is 0.470 e. The van der Waals surface area contributed by atoms with Gasteiger partial charge in [-0.15, -0.1) is 0 Å². The highest BCUT2D eigenvalue weighted by molar-refractivity contribution is 6.98. The Morgan fingerprint density at radius 2 is 0.808 bits per heavy atom. The molecule has 0 spiro atoms. The molecule has 0 aliphatic carbocycles. The van der Waals surface area contributed by atoms with E-state index in [-0.39, 0.29) is 6.61 Å². The number of hydrogen-bond donors (Lipinski definition) is 0. The Morgan fingerprint density at radius 1 is 0.519 bits per heavy atom.